The van der Waals surface area contributed by atoms with Gasteiger partial charge in [-0.2, -0.15) is 0 Å². The third-order valence-electron chi connectivity index (χ3n) is 3.94. The van der Waals surface area contributed by atoms with Crippen molar-refractivity contribution < 1.29 is 9.47 Å². The van der Waals surface area contributed by atoms with E-state index in [4.69, 9.17) is 9.47 Å². The van der Waals surface area contributed by atoms with Gasteiger partial charge in [-0.3, -0.25) is 0 Å². The number of aryl methyl sites for hydroxylation is 2. The Morgan fingerprint density at radius 3 is 2.19 bits per heavy atom. The number of ether oxygens (including phenoxy) is 2. The average Bonchev–Trinajstić information content (AvgIpc) is 2.61. The number of nitrogens with one attached hydrogen (secondary N) is 2. The van der Waals surface area contributed by atoms with Gasteiger partial charge in [0.1, 0.15) is 30.7 Å². The van der Waals surface area contributed by atoms with Gasteiger partial charge < -0.3 is 20.1 Å². The Bertz CT molecular complexity index is 943. The predicted molar refractivity (Wildman–Crippen MR) is 102 cm³/mol. The van der Waals surface area contributed by atoms with Crippen LogP contribution in [0, 0.1) is 13.8 Å². The quantitative estimate of drug-likeness (QED) is 0.730. The summed E-state index contributed by atoms with van der Waals surface area (Å²) in [5.74, 6) is 3.64. The predicted octanol–water partition coefficient (Wildman–Crippen LogP) is 4.35. The third kappa shape index (κ3) is 3.69. The largest absolute Gasteiger partial charge is 0.486 e. The van der Waals surface area contributed by atoms with Crippen molar-refractivity contribution >= 4 is 23.0 Å². The summed E-state index contributed by atoms with van der Waals surface area (Å²) in [5, 5.41) is 6.63. The van der Waals surface area contributed by atoms with Crippen LogP contribution < -0.4 is 20.1 Å². The highest BCUT2D eigenvalue weighted by Gasteiger charge is 2.12. The minimum absolute atomic E-state index is 0.563. The molecule has 0 spiro atoms. The van der Waals surface area contributed by atoms with Crippen LogP contribution in [-0.4, -0.2) is 23.2 Å². The molecule has 4 rings (SSSR count). The summed E-state index contributed by atoms with van der Waals surface area (Å²) >= 11 is 0. The summed E-state index contributed by atoms with van der Waals surface area (Å²) < 4.78 is 11.2. The van der Waals surface area contributed by atoms with Gasteiger partial charge in [-0.1, -0.05) is 12.1 Å². The SMILES string of the molecule is Cc1cccc(Nc2cc(Nc3ccc4c(c3)OCCO4)nc(C)n2)c1. The highest BCUT2D eigenvalue weighted by Crippen LogP contribution is 2.33. The van der Waals surface area contributed by atoms with E-state index >= 15 is 0 Å². The Labute approximate surface area is 152 Å². The molecule has 3 aromatic rings. The molecule has 0 bridgehead atoms. The molecule has 2 N–H and O–H groups in total. The van der Waals surface area contributed by atoms with Gasteiger partial charge in [-0.15, -0.1) is 0 Å². The Morgan fingerprint density at radius 2 is 1.46 bits per heavy atom. The van der Waals surface area contributed by atoms with Crippen molar-refractivity contribution in [2.75, 3.05) is 23.8 Å². The Balaban J connectivity index is 1.56. The second-order valence-corrected chi connectivity index (χ2v) is 6.16. The Hall–Kier alpha value is -3.28. The second kappa shape index (κ2) is 6.92. The van der Waals surface area contributed by atoms with Gasteiger partial charge >= 0.3 is 0 Å². The number of anilines is 4. The van der Waals surface area contributed by atoms with Gasteiger partial charge in [0, 0.05) is 23.5 Å². The van der Waals surface area contributed by atoms with Gasteiger partial charge in [0.2, 0.25) is 0 Å². The van der Waals surface area contributed by atoms with E-state index in [1.165, 1.54) is 5.56 Å². The summed E-state index contributed by atoms with van der Waals surface area (Å²) in [7, 11) is 0. The molecule has 0 fully saturated rings. The van der Waals surface area contributed by atoms with Crippen molar-refractivity contribution in [1.29, 1.82) is 0 Å². The number of aromatic nitrogens is 2. The fourth-order valence-corrected chi connectivity index (χ4v) is 2.84. The lowest BCUT2D eigenvalue weighted by molar-refractivity contribution is 0.171. The Morgan fingerprint density at radius 1 is 0.769 bits per heavy atom. The molecule has 0 saturated carbocycles. The monoisotopic (exact) mass is 348 g/mol. The van der Waals surface area contributed by atoms with Crippen molar-refractivity contribution in [2.24, 2.45) is 0 Å². The first-order chi connectivity index (χ1) is 12.7. The first-order valence-corrected chi connectivity index (χ1v) is 8.52. The highest BCUT2D eigenvalue weighted by molar-refractivity contribution is 5.65. The van der Waals surface area contributed by atoms with Crippen LogP contribution in [0.5, 0.6) is 11.5 Å². The van der Waals surface area contributed by atoms with E-state index in [1.54, 1.807) is 0 Å². The lowest BCUT2D eigenvalue weighted by atomic mass is 10.2. The lowest BCUT2D eigenvalue weighted by Gasteiger charge is -2.19. The molecule has 0 radical (unpaired) electrons. The van der Waals surface area contributed by atoms with Crippen molar-refractivity contribution in [1.82, 2.24) is 9.97 Å². The summed E-state index contributed by atoms with van der Waals surface area (Å²) in [6.45, 7) is 5.08. The molecule has 132 valence electrons. The molecule has 2 aromatic carbocycles. The molecule has 26 heavy (non-hydrogen) atoms. The van der Waals surface area contributed by atoms with Gasteiger partial charge in [-0.25, -0.2) is 9.97 Å². The van der Waals surface area contributed by atoms with Crippen molar-refractivity contribution in [3.8, 4) is 11.5 Å². The topological polar surface area (TPSA) is 68.3 Å². The van der Waals surface area contributed by atoms with Gasteiger partial charge in [0.05, 0.1) is 0 Å². The third-order valence-corrected chi connectivity index (χ3v) is 3.94. The number of hydrogen-bond donors (Lipinski definition) is 2. The van der Waals surface area contributed by atoms with Crippen molar-refractivity contribution in [2.45, 2.75) is 13.8 Å². The molecule has 0 unspecified atom stereocenters. The van der Waals surface area contributed by atoms with Crippen molar-refractivity contribution in [3.05, 3.63) is 59.9 Å². The van der Waals surface area contributed by atoms with E-state index in [1.807, 2.05) is 43.3 Å². The lowest BCUT2D eigenvalue weighted by Crippen LogP contribution is -2.15. The van der Waals surface area contributed by atoms with E-state index in [2.05, 4.69) is 39.7 Å². The molecule has 0 amide bonds. The van der Waals surface area contributed by atoms with Crippen LogP contribution >= 0.6 is 0 Å². The maximum atomic E-state index is 5.63. The first-order valence-electron chi connectivity index (χ1n) is 8.52. The van der Waals surface area contributed by atoms with Gasteiger partial charge in [0.15, 0.2) is 11.5 Å². The van der Waals surface area contributed by atoms with Crippen molar-refractivity contribution in [3.63, 3.8) is 0 Å². The van der Waals surface area contributed by atoms with E-state index in [9.17, 15) is 0 Å². The maximum absolute atomic E-state index is 5.63. The highest BCUT2D eigenvalue weighted by atomic mass is 16.6. The van der Waals surface area contributed by atoms with Crippen LogP contribution in [0.15, 0.2) is 48.5 Å². The minimum atomic E-state index is 0.563. The van der Waals surface area contributed by atoms with E-state index in [0.717, 1.165) is 28.7 Å². The fraction of sp³-hybridized carbons (Fsp3) is 0.200. The van der Waals surface area contributed by atoms with E-state index < -0.39 is 0 Å². The van der Waals surface area contributed by atoms with E-state index in [0.29, 0.717) is 24.9 Å². The average molecular weight is 348 g/mol. The van der Waals surface area contributed by atoms with Gasteiger partial charge in [-0.05, 0) is 43.7 Å². The molecule has 6 heteroatoms. The zero-order valence-corrected chi connectivity index (χ0v) is 14.7. The van der Waals surface area contributed by atoms with E-state index in [-0.39, 0.29) is 0 Å². The maximum Gasteiger partial charge on any atom is 0.163 e. The zero-order chi connectivity index (χ0) is 17.9. The summed E-state index contributed by atoms with van der Waals surface area (Å²) in [6.07, 6.45) is 0. The number of hydrogen-bond acceptors (Lipinski definition) is 6. The summed E-state index contributed by atoms with van der Waals surface area (Å²) in [5.41, 5.74) is 3.07. The van der Waals surface area contributed by atoms with Crippen LogP contribution in [0.4, 0.5) is 23.0 Å². The Kier molecular flexibility index (Phi) is 4.31. The van der Waals surface area contributed by atoms with Crippen LogP contribution in [0.25, 0.3) is 0 Å². The molecule has 2 heterocycles. The number of rotatable bonds is 4. The van der Waals surface area contributed by atoms with Crippen LogP contribution in [-0.2, 0) is 0 Å². The molecule has 1 aliphatic heterocycles. The molecule has 6 nitrogen and oxygen atoms in total. The molecule has 1 aromatic heterocycles. The summed E-state index contributed by atoms with van der Waals surface area (Å²) in [4.78, 5) is 8.93. The standard InChI is InChI=1S/C20H20N4O2/c1-13-4-3-5-15(10-13)23-19-12-20(22-14(2)21-19)24-16-6-7-17-18(11-16)26-9-8-25-17/h3-7,10-12H,8-9H2,1-2H3,(H2,21,22,23,24). The second-order valence-electron chi connectivity index (χ2n) is 6.16. The summed E-state index contributed by atoms with van der Waals surface area (Å²) in [6, 6.07) is 15.8. The number of fused-ring (bicyclic) bond motifs is 1. The zero-order valence-electron chi connectivity index (χ0n) is 14.7. The molecule has 0 saturated heterocycles. The van der Waals surface area contributed by atoms with Crippen LogP contribution in [0.1, 0.15) is 11.4 Å². The fourth-order valence-electron chi connectivity index (χ4n) is 2.84. The van der Waals surface area contributed by atoms with Crippen LogP contribution in [0.2, 0.25) is 0 Å². The first kappa shape index (κ1) is 16.2. The normalized spacial score (nSPS) is 12.5. The minimum Gasteiger partial charge on any atom is -0.486 e. The molecule has 1 aliphatic rings. The molecular formula is C20H20N4O2. The number of nitrogens with zero attached hydrogens (tertiary/aromatic N) is 2. The number of benzene rings is 2. The van der Waals surface area contributed by atoms with Crippen LogP contribution in [0.3, 0.4) is 0 Å². The molecule has 0 aliphatic carbocycles. The smallest absolute Gasteiger partial charge is 0.163 e. The molecule has 0 atom stereocenters. The van der Waals surface area contributed by atoms with Gasteiger partial charge in [0.25, 0.3) is 0 Å². The molecular weight excluding hydrogens is 328 g/mol.